The summed E-state index contributed by atoms with van der Waals surface area (Å²) in [5, 5.41) is 0. The number of fused-ring (bicyclic) bond motifs is 3. The summed E-state index contributed by atoms with van der Waals surface area (Å²) in [5.41, 5.74) is 4.40. The Morgan fingerprint density at radius 3 is 1.67 bits per heavy atom. The molecule has 1 nitrogen and oxygen atoms in total. The van der Waals surface area contributed by atoms with Gasteiger partial charge in [-0.3, -0.25) is 4.90 Å². The maximum absolute atomic E-state index is 2.80. The minimum absolute atomic E-state index is 0.267. The predicted molar refractivity (Wildman–Crippen MR) is 93.5 cm³/mol. The van der Waals surface area contributed by atoms with Crippen LogP contribution in [0, 0.1) is 16.7 Å². The lowest BCUT2D eigenvalue weighted by molar-refractivity contribution is 0.0928. The van der Waals surface area contributed by atoms with Crippen molar-refractivity contribution in [2.75, 3.05) is 6.54 Å². The van der Waals surface area contributed by atoms with Crippen LogP contribution in [0.2, 0.25) is 0 Å². The molecule has 2 atom stereocenters. The van der Waals surface area contributed by atoms with E-state index in [9.17, 15) is 0 Å². The molecule has 2 heterocycles. The van der Waals surface area contributed by atoms with E-state index in [1.807, 2.05) is 0 Å². The van der Waals surface area contributed by atoms with Crippen molar-refractivity contribution in [1.82, 2.24) is 4.90 Å². The van der Waals surface area contributed by atoms with Crippen molar-refractivity contribution in [3.63, 3.8) is 0 Å². The number of hydrogen-bond donors (Lipinski definition) is 0. The van der Waals surface area contributed by atoms with Crippen molar-refractivity contribution in [3.8, 4) is 0 Å². The van der Waals surface area contributed by atoms with Crippen molar-refractivity contribution in [1.29, 1.82) is 0 Å². The molecule has 2 unspecified atom stereocenters. The van der Waals surface area contributed by atoms with E-state index in [2.05, 4.69) is 67.2 Å². The normalized spacial score (nSPS) is 29.0. The summed E-state index contributed by atoms with van der Waals surface area (Å²) in [6.45, 7) is 23.0. The van der Waals surface area contributed by atoms with Crippen LogP contribution in [0.1, 0.15) is 81.6 Å². The van der Waals surface area contributed by atoms with Crippen molar-refractivity contribution in [2.24, 2.45) is 16.7 Å². The molecule has 0 N–H and O–H groups in total. The van der Waals surface area contributed by atoms with Gasteiger partial charge in [-0.15, -0.1) is 0 Å². The van der Waals surface area contributed by atoms with E-state index in [1.54, 1.807) is 11.1 Å². The number of rotatable bonds is 0. The Morgan fingerprint density at radius 2 is 1.24 bits per heavy atom. The Morgan fingerprint density at radius 1 is 0.714 bits per heavy atom. The summed E-state index contributed by atoms with van der Waals surface area (Å²) in [4.78, 5) is 2.80. The van der Waals surface area contributed by atoms with Gasteiger partial charge in [-0.25, -0.2) is 0 Å². The van der Waals surface area contributed by atoms with Crippen molar-refractivity contribution in [2.45, 2.75) is 93.2 Å². The first-order chi connectivity index (χ1) is 9.33. The highest BCUT2D eigenvalue weighted by Crippen LogP contribution is 2.52. The Labute approximate surface area is 133 Å². The molecule has 2 bridgehead atoms. The summed E-state index contributed by atoms with van der Waals surface area (Å²) in [7, 11) is 0. The molecule has 0 aromatic rings. The van der Waals surface area contributed by atoms with Gasteiger partial charge in [0.2, 0.25) is 0 Å². The van der Waals surface area contributed by atoms with Gasteiger partial charge >= 0.3 is 0 Å². The standard InChI is InChI=1S/C20H37N/c1-18(2,3)16-14-10-11-15(17(16)19(4,5)6)21(13-12-14)20(7,8)9/h14-15H,10-13H2,1-9H3. The average molecular weight is 292 g/mol. The second-order valence-corrected chi connectivity index (χ2v) is 10.3. The van der Waals surface area contributed by atoms with Gasteiger partial charge < -0.3 is 0 Å². The summed E-state index contributed by atoms with van der Waals surface area (Å²) in [6.07, 6.45) is 4.09. The molecule has 0 spiro atoms. The van der Waals surface area contributed by atoms with Gasteiger partial charge in [0.15, 0.2) is 0 Å². The van der Waals surface area contributed by atoms with Crippen LogP contribution < -0.4 is 0 Å². The van der Waals surface area contributed by atoms with Crippen LogP contribution in [-0.2, 0) is 0 Å². The molecule has 0 aromatic carbocycles. The van der Waals surface area contributed by atoms with Gasteiger partial charge in [0.05, 0.1) is 0 Å². The smallest absolute Gasteiger partial charge is 0.0321 e. The van der Waals surface area contributed by atoms with Crippen molar-refractivity contribution in [3.05, 3.63) is 11.1 Å². The van der Waals surface area contributed by atoms with Gasteiger partial charge in [0.25, 0.3) is 0 Å². The number of nitrogens with zero attached hydrogens (tertiary/aromatic N) is 1. The maximum atomic E-state index is 2.80. The zero-order valence-electron chi connectivity index (χ0n) is 15.9. The molecule has 21 heavy (non-hydrogen) atoms. The largest absolute Gasteiger partial charge is 0.292 e. The fourth-order valence-corrected chi connectivity index (χ4v) is 4.82. The van der Waals surface area contributed by atoms with Crippen LogP contribution in [0.4, 0.5) is 0 Å². The third-order valence-electron chi connectivity index (χ3n) is 5.39. The van der Waals surface area contributed by atoms with Crippen LogP contribution in [0.25, 0.3) is 0 Å². The molecular formula is C20H37N. The van der Waals surface area contributed by atoms with Gasteiger partial charge in [0, 0.05) is 11.6 Å². The SMILES string of the molecule is CC(C)(C)C1=C(C(C)(C)C)C2CCC1CCN2C(C)(C)C. The van der Waals surface area contributed by atoms with E-state index < -0.39 is 0 Å². The lowest BCUT2D eigenvalue weighted by atomic mass is 9.63. The second kappa shape index (κ2) is 5.11. The van der Waals surface area contributed by atoms with Crippen molar-refractivity contribution < 1.29 is 0 Å². The highest BCUT2D eigenvalue weighted by molar-refractivity contribution is 5.35. The monoisotopic (exact) mass is 291 g/mol. The first-order valence-electron chi connectivity index (χ1n) is 8.85. The average Bonchev–Trinajstić information content (AvgIpc) is 2.54. The molecule has 0 radical (unpaired) electrons. The zero-order valence-corrected chi connectivity index (χ0v) is 15.9. The minimum Gasteiger partial charge on any atom is -0.292 e. The topological polar surface area (TPSA) is 3.24 Å². The molecule has 2 aliphatic heterocycles. The summed E-state index contributed by atoms with van der Waals surface area (Å²) >= 11 is 0. The minimum atomic E-state index is 0.267. The van der Waals surface area contributed by atoms with E-state index in [1.165, 1.54) is 25.8 Å². The Hall–Kier alpha value is -0.300. The lowest BCUT2D eigenvalue weighted by Crippen LogP contribution is -2.50. The quantitative estimate of drug-likeness (QED) is 0.521. The third-order valence-corrected chi connectivity index (χ3v) is 5.39. The van der Waals surface area contributed by atoms with E-state index >= 15 is 0 Å². The van der Waals surface area contributed by atoms with Gasteiger partial charge in [-0.2, -0.15) is 0 Å². The fourth-order valence-electron chi connectivity index (χ4n) is 4.82. The maximum Gasteiger partial charge on any atom is 0.0321 e. The van der Waals surface area contributed by atoms with Crippen LogP contribution in [0.5, 0.6) is 0 Å². The highest BCUT2D eigenvalue weighted by Gasteiger charge is 2.46. The van der Waals surface area contributed by atoms with Crippen LogP contribution in [0.15, 0.2) is 11.1 Å². The molecule has 122 valence electrons. The Kier molecular flexibility index (Phi) is 4.16. The second-order valence-electron chi connectivity index (χ2n) is 10.3. The van der Waals surface area contributed by atoms with Gasteiger partial charge in [-0.1, -0.05) is 47.1 Å². The Balaban J connectivity index is 2.63. The molecule has 0 saturated carbocycles. The van der Waals surface area contributed by atoms with Gasteiger partial charge in [-0.05, 0) is 68.9 Å². The number of hydrogen-bond acceptors (Lipinski definition) is 1. The molecule has 1 heteroatoms. The molecule has 3 rings (SSSR count). The van der Waals surface area contributed by atoms with Crippen LogP contribution in [0.3, 0.4) is 0 Å². The number of allylic oxidation sites excluding steroid dienone is 1. The third kappa shape index (κ3) is 3.23. The van der Waals surface area contributed by atoms with E-state index in [0.29, 0.717) is 11.5 Å². The first-order valence-corrected chi connectivity index (χ1v) is 8.85. The van der Waals surface area contributed by atoms with Crippen LogP contribution in [-0.4, -0.2) is 23.0 Å². The molecule has 0 amide bonds. The summed E-state index contributed by atoms with van der Waals surface area (Å²) in [6, 6.07) is 0.651. The van der Waals surface area contributed by atoms with Gasteiger partial charge in [0.1, 0.15) is 0 Å². The lowest BCUT2D eigenvalue weighted by Gasteiger charge is -2.48. The van der Waals surface area contributed by atoms with E-state index in [-0.39, 0.29) is 11.0 Å². The molecule has 1 fully saturated rings. The van der Waals surface area contributed by atoms with E-state index in [0.717, 1.165) is 5.92 Å². The first kappa shape index (κ1) is 17.1. The zero-order chi connectivity index (χ0) is 16.2. The fraction of sp³-hybridized carbons (Fsp3) is 0.900. The molecular weight excluding hydrogens is 254 g/mol. The van der Waals surface area contributed by atoms with Crippen molar-refractivity contribution >= 4 is 0 Å². The molecule has 1 aliphatic carbocycles. The highest BCUT2D eigenvalue weighted by atomic mass is 15.2. The molecule has 3 aliphatic rings. The van der Waals surface area contributed by atoms with Crippen LogP contribution >= 0.6 is 0 Å². The molecule has 0 aromatic heterocycles. The summed E-state index contributed by atoms with van der Waals surface area (Å²) < 4.78 is 0. The molecule has 1 saturated heterocycles. The van der Waals surface area contributed by atoms with E-state index in [4.69, 9.17) is 0 Å². The Bertz CT molecular complexity index is 422. The predicted octanol–water partition coefficient (Wildman–Crippen LogP) is 5.66. The summed E-state index contributed by atoms with van der Waals surface area (Å²) in [5.74, 6) is 0.808.